The fourth-order valence-electron chi connectivity index (χ4n) is 3.29. The summed E-state index contributed by atoms with van der Waals surface area (Å²) >= 11 is 3.70. The highest BCUT2D eigenvalue weighted by Gasteiger charge is 2.30. The van der Waals surface area contributed by atoms with Gasteiger partial charge >= 0.3 is 0 Å². The molecule has 1 atom stereocenters. The number of likely N-dealkylation sites (N-methyl/N-ethyl adjacent to an activating group) is 1. The third-order valence-electron chi connectivity index (χ3n) is 4.44. The number of rotatable bonds is 2. The number of amides is 1. The van der Waals surface area contributed by atoms with Gasteiger partial charge in [-0.25, -0.2) is 0 Å². The van der Waals surface area contributed by atoms with E-state index < -0.39 is 0 Å². The van der Waals surface area contributed by atoms with Crippen LogP contribution in [0.5, 0.6) is 0 Å². The van der Waals surface area contributed by atoms with Gasteiger partial charge in [0.05, 0.1) is 5.69 Å². The summed E-state index contributed by atoms with van der Waals surface area (Å²) < 4.78 is 1.08. The number of benzene rings is 1. The van der Waals surface area contributed by atoms with E-state index in [9.17, 15) is 4.79 Å². The van der Waals surface area contributed by atoms with Gasteiger partial charge in [0.2, 0.25) is 5.91 Å². The largest absolute Gasteiger partial charge is 0.371 e. The first-order chi connectivity index (χ1) is 10.2. The first kappa shape index (κ1) is 14.9. The number of halogens is 1. The number of nitrogens with zero attached hydrogens (tertiary/aromatic N) is 1. The molecule has 0 aromatic heterocycles. The summed E-state index contributed by atoms with van der Waals surface area (Å²) in [6.45, 7) is 2.20. The van der Waals surface area contributed by atoms with Crippen molar-refractivity contribution >= 4 is 33.2 Å². The fraction of sp³-hybridized carbons (Fsp3) is 0.562. The molecule has 1 aromatic carbocycles. The zero-order valence-electron chi connectivity index (χ0n) is 12.4. The molecule has 0 bridgehead atoms. The molecule has 0 aliphatic carbocycles. The van der Waals surface area contributed by atoms with E-state index >= 15 is 0 Å². The summed E-state index contributed by atoms with van der Waals surface area (Å²) in [6, 6.07) is 3.97. The molecule has 21 heavy (non-hydrogen) atoms. The molecule has 2 aliphatic heterocycles. The average molecular weight is 352 g/mol. The van der Waals surface area contributed by atoms with E-state index in [-0.39, 0.29) is 11.9 Å². The Labute approximate surface area is 134 Å². The summed E-state index contributed by atoms with van der Waals surface area (Å²) in [4.78, 5) is 14.4. The topological polar surface area (TPSA) is 44.4 Å². The Bertz CT molecular complexity index is 539. The van der Waals surface area contributed by atoms with Crippen LogP contribution in [-0.2, 0) is 4.79 Å². The summed E-state index contributed by atoms with van der Waals surface area (Å²) in [5.41, 5.74) is 3.18. The van der Waals surface area contributed by atoms with Gasteiger partial charge in [-0.1, -0.05) is 19.3 Å². The van der Waals surface area contributed by atoms with Crippen LogP contribution < -0.4 is 15.5 Å². The molecule has 114 valence electrons. The van der Waals surface area contributed by atoms with Gasteiger partial charge < -0.3 is 15.5 Å². The molecule has 5 heteroatoms. The first-order valence-electron chi connectivity index (χ1n) is 7.77. The number of hydrogen-bond donors (Lipinski definition) is 2. The number of fused-ring (bicyclic) bond motifs is 1. The minimum atomic E-state index is -0.238. The molecule has 3 rings (SSSR count). The Morgan fingerprint density at radius 2 is 1.86 bits per heavy atom. The lowest BCUT2D eigenvalue weighted by molar-refractivity contribution is -0.117. The minimum absolute atomic E-state index is 0.0317. The number of carbonyl (C=O) groups excluding carboxylic acids is 1. The van der Waals surface area contributed by atoms with Gasteiger partial charge in [0, 0.05) is 28.8 Å². The van der Waals surface area contributed by atoms with Crippen molar-refractivity contribution in [2.45, 2.75) is 38.1 Å². The van der Waals surface area contributed by atoms with Crippen molar-refractivity contribution in [2.24, 2.45) is 0 Å². The lowest BCUT2D eigenvalue weighted by Crippen LogP contribution is -2.27. The zero-order valence-corrected chi connectivity index (χ0v) is 14.0. The third-order valence-corrected chi connectivity index (χ3v) is 5.07. The molecule has 1 unspecified atom stereocenters. The van der Waals surface area contributed by atoms with Crippen LogP contribution >= 0.6 is 15.9 Å². The maximum absolute atomic E-state index is 12.0. The van der Waals surface area contributed by atoms with Crippen molar-refractivity contribution in [3.05, 3.63) is 22.2 Å². The second-order valence-corrected chi connectivity index (χ2v) is 6.71. The Morgan fingerprint density at radius 3 is 2.52 bits per heavy atom. The van der Waals surface area contributed by atoms with Gasteiger partial charge in [-0.05, 0) is 48.0 Å². The van der Waals surface area contributed by atoms with Crippen LogP contribution in [0.25, 0.3) is 0 Å². The van der Waals surface area contributed by atoms with Crippen LogP contribution in [-0.4, -0.2) is 26.0 Å². The van der Waals surface area contributed by atoms with Crippen molar-refractivity contribution in [3.8, 4) is 0 Å². The van der Waals surface area contributed by atoms with E-state index in [0.29, 0.717) is 0 Å². The van der Waals surface area contributed by atoms with Crippen LogP contribution in [0.15, 0.2) is 16.6 Å². The van der Waals surface area contributed by atoms with Gasteiger partial charge in [0.1, 0.15) is 6.04 Å². The van der Waals surface area contributed by atoms with Crippen LogP contribution in [0, 0.1) is 0 Å². The predicted octanol–water partition coefficient (Wildman–Crippen LogP) is 3.43. The van der Waals surface area contributed by atoms with Crippen LogP contribution in [0.4, 0.5) is 11.4 Å². The molecule has 1 aromatic rings. The standard InChI is InChI=1S/C16H22BrN3O/c1-18-15-11-9-12(17)14(10-13(11)19-16(15)21)20-7-5-3-2-4-6-8-20/h9-10,15,18H,2-8H2,1H3,(H,19,21). The molecule has 1 saturated heterocycles. The highest BCUT2D eigenvalue weighted by atomic mass is 79.9. The number of carbonyl (C=O) groups is 1. The quantitative estimate of drug-likeness (QED) is 0.857. The molecule has 0 radical (unpaired) electrons. The molecule has 1 amide bonds. The van der Waals surface area contributed by atoms with Crippen molar-refractivity contribution in [2.75, 3.05) is 30.4 Å². The zero-order chi connectivity index (χ0) is 14.8. The van der Waals surface area contributed by atoms with Gasteiger partial charge in [0.15, 0.2) is 0 Å². The van der Waals surface area contributed by atoms with Crippen LogP contribution in [0.1, 0.15) is 43.7 Å². The molecule has 0 spiro atoms. The summed E-state index contributed by atoms with van der Waals surface area (Å²) in [5.74, 6) is 0.0317. The number of anilines is 2. The Morgan fingerprint density at radius 1 is 1.19 bits per heavy atom. The smallest absolute Gasteiger partial charge is 0.246 e. The Balaban J connectivity index is 1.90. The van der Waals surface area contributed by atoms with Crippen molar-refractivity contribution in [3.63, 3.8) is 0 Å². The predicted molar refractivity (Wildman–Crippen MR) is 89.9 cm³/mol. The normalized spacial score (nSPS) is 22.5. The van der Waals surface area contributed by atoms with E-state index in [0.717, 1.165) is 28.8 Å². The number of nitrogens with one attached hydrogen (secondary N) is 2. The highest BCUT2D eigenvalue weighted by molar-refractivity contribution is 9.10. The second kappa shape index (κ2) is 6.36. The molecule has 2 heterocycles. The summed E-state index contributed by atoms with van der Waals surface area (Å²) in [5, 5.41) is 6.05. The van der Waals surface area contributed by atoms with Crippen molar-refractivity contribution < 1.29 is 4.79 Å². The maximum Gasteiger partial charge on any atom is 0.246 e. The number of hydrogen-bond acceptors (Lipinski definition) is 3. The van der Waals surface area contributed by atoms with Crippen LogP contribution in [0.3, 0.4) is 0 Å². The van der Waals surface area contributed by atoms with Crippen LogP contribution in [0.2, 0.25) is 0 Å². The SMILES string of the molecule is CNC1C(=O)Nc2cc(N3CCCCCCC3)c(Br)cc21. The van der Waals surface area contributed by atoms with Gasteiger partial charge in [-0.15, -0.1) is 0 Å². The summed E-state index contributed by atoms with van der Waals surface area (Å²) in [6.07, 6.45) is 6.48. The molecule has 0 saturated carbocycles. The van der Waals surface area contributed by atoms with Crippen molar-refractivity contribution in [1.82, 2.24) is 5.32 Å². The van der Waals surface area contributed by atoms with E-state index in [4.69, 9.17) is 0 Å². The lowest BCUT2D eigenvalue weighted by atomic mass is 10.1. The highest BCUT2D eigenvalue weighted by Crippen LogP contribution is 2.39. The second-order valence-electron chi connectivity index (χ2n) is 5.86. The summed E-state index contributed by atoms with van der Waals surface area (Å²) in [7, 11) is 1.82. The van der Waals surface area contributed by atoms with E-state index in [1.165, 1.54) is 37.8 Å². The molecule has 2 aliphatic rings. The minimum Gasteiger partial charge on any atom is -0.371 e. The van der Waals surface area contributed by atoms with E-state index in [1.807, 2.05) is 7.05 Å². The Hall–Kier alpha value is -1.07. The van der Waals surface area contributed by atoms with E-state index in [2.05, 4.69) is 43.6 Å². The van der Waals surface area contributed by atoms with Gasteiger partial charge in [-0.3, -0.25) is 4.79 Å². The third kappa shape index (κ3) is 2.94. The molecule has 4 nitrogen and oxygen atoms in total. The molecule has 1 fully saturated rings. The van der Waals surface area contributed by atoms with Crippen molar-refractivity contribution in [1.29, 1.82) is 0 Å². The maximum atomic E-state index is 12.0. The average Bonchev–Trinajstić information content (AvgIpc) is 2.72. The van der Waals surface area contributed by atoms with E-state index in [1.54, 1.807) is 0 Å². The first-order valence-corrected chi connectivity index (χ1v) is 8.56. The lowest BCUT2D eigenvalue weighted by Gasteiger charge is -2.28. The molecule has 2 N–H and O–H groups in total. The van der Waals surface area contributed by atoms with Gasteiger partial charge in [0.25, 0.3) is 0 Å². The van der Waals surface area contributed by atoms with Gasteiger partial charge in [-0.2, -0.15) is 0 Å². The monoisotopic (exact) mass is 351 g/mol. The Kier molecular flexibility index (Phi) is 4.50. The molecular weight excluding hydrogens is 330 g/mol. The molecular formula is C16H22BrN3O. The fourth-order valence-corrected chi connectivity index (χ4v) is 3.90.